The molecule has 4 heterocycles. The van der Waals surface area contributed by atoms with Gasteiger partial charge in [-0.1, -0.05) is 0 Å². The third-order valence-electron chi connectivity index (χ3n) is 6.84. The number of benzene rings is 1. The molecule has 2 aliphatic rings. The van der Waals surface area contributed by atoms with Crippen LogP contribution in [0.5, 0.6) is 5.88 Å². The predicted molar refractivity (Wildman–Crippen MR) is 149 cm³/mol. The maximum atomic E-state index is 15.7. The maximum absolute atomic E-state index is 15.7. The normalized spacial score (nSPS) is 18.8. The molecule has 2 amide bonds. The minimum absolute atomic E-state index is 0.110. The second-order valence-corrected chi connectivity index (χ2v) is 11.0. The van der Waals surface area contributed by atoms with Crippen molar-refractivity contribution in [1.82, 2.24) is 15.3 Å². The number of fused-ring (bicyclic) bond motifs is 2. The van der Waals surface area contributed by atoms with Gasteiger partial charge < -0.3 is 25.3 Å². The van der Waals surface area contributed by atoms with Crippen LogP contribution in [-0.4, -0.2) is 66.3 Å². The number of piperidine rings is 1. The Balaban J connectivity index is 1.48. The first-order valence-corrected chi connectivity index (χ1v) is 13.3. The molecule has 2 aromatic heterocycles. The molecule has 11 nitrogen and oxygen atoms in total. The molecule has 5 rings (SSSR count). The quantitative estimate of drug-likeness (QED) is 0.382. The van der Waals surface area contributed by atoms with Crippen molar-refractivity contribution < 1.29 is 32.6 Å². The molecular weight excluding hydrogens is 538 g/mol. The zero-order chi connectivity index (χ0) is 29.5. The molecule has 1 saturated heterocycles. The van der Waals surface area contributed by atoms with E-state index in [2.05, 4.69) is 20.6 Å². The number of nitrogens with zero attached hydrogens (tertiary/aromatic N) is 3. The van der Waals surface area contributed by atoms with Crippen LogP contribution in [0.25, 0.3) is 21.9 Å². The monoisotopic (exact) mass is 570 g/mol. The summed E-state index contributed by atoms with van der Waals surface area (Å²) in [5.74, 6) is -0.339. The summed E-state index contributed by atoms with van der Waals surface area (Å²) in [7, 11) is 0. The van der Waals surface area contributed by atoms with Gasteiger partial charge in [0.1, 0.15) is 36.0 Å². The zero-order valence-electron chi connectivity index (χ0n) is 23.2. The van der Waals surface area contributed by atoms with Gasteiger partial charge in [-0.2, -0.15) is 0 Å². The molecule has 41 heavy (non-hydrogen) atoms. The molecule has 1 aromatic carbocycles. The Bertz CT molecular complexity index is 1510. The Labute approximate surface area is 235 Å². The molecular formula is C28H32F2N6O5. The van der Waals surface area contributed by atoms with Crippen LogP contribution < -0.4 is 26.0 Å². The Hall–Kier alpha value is -4.26. The lowest BCUT2D eigenvalue weighted by molar-refractivity contribution is 0.0342. The van der Waals surface area contributed by atoms with Crippen LogP contribution in [-0.2, 0) is 9.47 Å². The number of nitrogen functional groups attached to an aromatic ring is 1. The number of ether oxygens (including phenoxy) is 3. The molecule has 0 radical (unpaired) electrons. The molecule has 0 aliphatic carbocycles. The van der Waals surface area contributed by atoms with Crippen LogP contribution >= 0.6 is 0 Å². The fourth-order valence-corrected chi connectivity index (χ4v) is 4.87. The summed E-state index contributed by atoms with van der Waals surface area (Å²) in [5.41, 5.74) is 6.75. The average Bonchev–Trinajstić information content (AvgIpc) is 2.91. The van der Waals surface area contributed by atoms with Gasteiger partial charge in [0.2, 0.25) is 5.88 Å². The number of nitrogens with one attached hydrogen (secondary N) is 2. The molecule has 218 valence electrons. The Morgan fingerprint density at radius 3 is 2.73 bits per heavy atom. The molecule has 0 unspecified atom stereocenters. The van der Waals surface area contributed by atoms with Crippen LogP contribution in [0.15, 0.2) is 24.5 Å². The second-order valence-electron chi connectivity index (χ2n) is 11.0. The van der Waals surface area contributed by atoms with E-state index in [0.29, 0.717) is 40.6 Å². The average molecular weight is 571 g/mol. The maximum Gasteiger partial charge on any atom is 0.415 e. The van der Waals surface area contributed by atoms with E-state index < -0.39 is 35.9 Å². The van der Waals surface area contributed by atoms with Crippen molar-refractivity contribution in [3.8, 4) is 17.0 Å². The van der Waals surface area contributed by atoms with E-state index in [4.69, 9.17) is 19.9 Å². The van der Waals surface area contributed by atoms with Gasteiger partial charge in [0.25, 0.3) is 0 Å². The minimum atomic E-state index is -1.31. The lowest BCUT2D eigenvalue weighted by atomic mass is 9.96. The molecule has 0 saturated carbocycles. The van der Waals surface area contributed by atoms with Gasteiger partial charge in [0, 0.05) is 35.5 Å². The van der Waals surface area contributed by atoms with Gasteiger partial charge in [0.15, 0.2) is 5.82 Å². The molecule has 1 fully saturated rings. The van der Waals surface area contributed by atoms with Crippen LogP contribution in [0.2, 0.25) is 0 Å². The third-order valence-corrected chi connectivity index (χ3v) is 6.84. The van der Waals surface area contributed by atoms with Crippen LogP contribution in [0.4, 0.5) is 35.6 Å². The van der Waals surface area contributed by atoms with Crippen molar-refractivity contribution >= 4 is 40.2 Å². The lowest BCUT2D eigenvalue weighted by Crippen LogP contribution is -2.44. The van der Waals surface area contributed by atoms with E-state index >= 15 is 4.39 Å². The highest BCUT2D eigenvalue weighted by Gasteiger charge is 2.32. The van der Waals surface area contributed by atoms with Crippen molar-refractivity contribution in [2.45, 2.75) is 52.0 Å². The van der Waals surface area contributed by atoms with Crippen molar-refractivity contribution in [2.24, 2.45) is 0 Å². The number of pyridine rings is 2. The van der Waals surface area contributed by atoms with Crippen molar-refractivity contribution in [3.05, 3.63) is 35.9 Å². The number of anilines is 3. The molecule has 0 spiro atoms. The highest BCUT2D eigenvalue weighted by atomic mass is 19.1. The largest absolute Gasteiger partial charge is 0.474 e. The van der Waals surface area contributed by atoms with Gasteiger partial charge in [0.05, 0.1) is 12.2 Å². The number of hydrogen-bond acceptors (Lipinski definition) is 9. The van der Waals surface area contributed by atoms with Gasteiger partial charge in [-0.25, -0.2) is 28.3 Å². The first-order chi connectivity index (χ1) is 19.4. The van der Waals surface area contributed by atoms with Crippen LogP contribution in [0.1, 0.15) is 32.8 Å². The summed E-state index contributed by atoms with van der Waals surface area (Å²) in [6.07, 6.45) is -0.444. The summed E-state index contributed by atoms with van der Waals surface area (Å²) in [4.78, 5) is 35.3. The van der Waals surface area contributed by atoms with Gasteiger partial charge in [-0.05, 0) is 63.7 Å². The van der Waals surface area contributed by atoms with Gasteiger partial charge in [-0.15, -0.1) is 0 Å². The number of nitrogens with two attached hydrogens (primary N) is 1. The summed E-state index contributed by atoms with van der Waals surface area (Å²) >= 11 is 0. The lowest BCUT2D eigenvalue weighted by Gasteiger charge is -2.32. The Morgan fingerprint density at radius 2 is 2.00 bits per heavy atom. The number of alkyl halides is 1. The van der Waals surface area contributed by atoms with E-state index in [1.165, 1.54) is 23.4 Å². The fraction of sp³-hybridized carbons (Fsp3) is 0.429. The first-order valence-electron chi connectivity index (χ1n) is 13.3. The SMILES string of the molecule is Cc1c(-c2cc3cc(NC(=O)O[C@@H]4CCNC[C@H]4F)ncc3c(N)c2F)cnc2c1N(C(=O)OC(C)(C)C)CCO2. The number of carbonyl (C=O) groups excluding carboxylic acids is 2. The smallest absolute Gasteiger partial charge is 0.415 e. The van der Waals surface area contributed by atoms with E-state index in [1.807, 2.05) is 0 Å². The van der Waals surface area contributed by atoms with E-state index in [0.717, 1.165) is 0 Å². The van der Waals surface area contributed by atoms with E-state index in [-0.39, 0.29) is 42.6 Å². The van der Waals surface area contributed by atoms with Crippen molar-refractivity contribution in [2.75, 3.05) is 42.2 Å². The highest BCUT2D eigenvalue weighted by molar-refractivity contribution is 6.00. The van der Waals surface area contributed by atoms with Gasteiger partial charge >= 0.3 is 12.2 Å². The Morgan fingerprint density at radius 1 is 1.22 bits per heavy atom. The number of carbonyl (C=O) groups is 2. The molecule has 2 atom stereocenters. The second kappa shape index (κ2) is 11.0. The molecule has 0 bridgehead atoms. The van der Waals surface area contributed by atoms with Crippen molar-refractivity contribution in [1.29, 1.82) is 0 Å². The molecule has 2 aliphatic heterocycles. The highest BCUT2D eigenvalue weighted by Crippen LogP contribution is 2.42. The summed E-state index contributed by atoms with van der Waals surface area (Å²) < 4.78 is 46.2. The molecule has 13 heteroatoms. The summed E-state index contributed by atoms with van der Waals surface area (Å²) in [5, 5.41) is 6.21. The number of halogens is 2. The van der Waals surface area contributed by atoms with Crippen LogP contribution in [0, 0.1) is 12.7 Å². The number of hydrogen-bond donors (Lipinski definition) is 3. The number of aromatic nitrogens is 2. The fourth-order valence-electron chi connectivity index (χ4n) is 4.87. The molecule has 3 aromatic rings. The van der Waals surface area contributed by atoms with Crippen LogP contribution in [0.3, 0.4) is 0 Å². The van der Waals surface area contributed by atoms with E-state index in [1.54, 1.807) is 33.8 Å². The van der Waals surface area contributed by atoms with E-state index in [9.17, 15) is 14.0 Å². The van der Waals surface area contributed by atoms with Crippen molar-refractivity contribution in [3.63, 3.8) is 0 Å². The first kappa shape index (κ1) is 28.3. The van der Waals surface area contributed by atoms with Gasteiger partial charge in [-0.3, -0.25) is 10.2 Å². The number of amides is 2. The Kier molecular flexibility index (Phi) is 7.56. The standard InChI is InChI=1S/C28H32F2N6O5/c1-14-17(11-34-25-24(14)36(7-8-39-25)27(38)41-28(2,3)4)16-9-15-10-21(33-12-18(15)23(31)22(16)30)35-26(37)40-20-5-6-32-13-19(20)29/h9-12,19-20,32H,5-8,13,31H2,1-4H3,(H,33,35,37)/t19-,20-/m1/s1. The molecule has 4 N–H and O–H groups in total. The number of rotatable bonds is 3. The predicted octanol–water partition coefficient (Wildman–Crippen LogP) is 4.71. The topological polar surface area (TPSA) is 141 Å². The minimum Gasteiger partial charge on any atom is -0.474 e. The zero-order valence-corrected chi connectivity index (χ0v) is 23.2. The summed E-state index contributed by atoms with van der Waals surface area (Å²) in [6, 6.07) is 3.07. The third kappa shape index (κ3) is 5.80. The summed E-state index contributed by atoms with van der Waals surface area (Å²) in [6.45, 7) is 8.14.